The van der Waals surface area contributed by atoms with Gasteiger partial charge in [-0.2, -0.15) is 0 Å². The average molecular weight is 463 g/mol. The normalized spacial score (nSPS) is 12.2. The summed E-state index contributed by atoms with van der Waals surface area (Å²) in [5.74, 6) is 1.48. The van der Waals surface area contributed by atoms with Crippen molar-refractivity contribution in [1.29, 1.82) is 0 Å². The van der Waals surface area contributed by atoms with Gasteiger partial charge in [-0.3, -0.25) is 4.79 Å². The van der Waals surface area contributed by atoms with E-state index >= 15 is 0 Å². The van der Waals surface area contributed by atoms with Gasteiger partial charge in [0, 0.05) is 17.9 Å². The summed E-state index contributed by atoms with van der Waals surface area (Å²) in [7, 11) is 0. The second-order valence-corrected chi connectivity index (χ2v) is 8.94. The summed E-state index contributed by atoms with van der Waals surface area (Å²) >= 11 is 13.7. The zero-order chi connectivity index (χ0) is 21.7. The van der Waals surface area contributed by atoms with Gasteiger partial charge < -0.3 is 9.88 Å². The fourth-order valence-corrected chi connectivity index (χ4v) is 4.33. The predicted molar refractivity (Wildman–Crippen MR) is 123 cm³/mol. The second kappa shape index (κ2) is 10.3. The van der Waals surface area contributed by atoms with Crippen molar-refractivity contribution >= 4 is 40.9 Å². The molecule has 0 aliphatic rings. The van der Waals surface area contributed by atoms with Gasteiger partial charge in [-0.1, -0.05) is 73.1 Å². The molecule has 0 spiro atoms. The molecule has 1 unspecified atom stereocenters. The zero-order valence-corrected chi connectivity index (χ0v) is 19.4. The smallest absolute Gasteiger partial charge is 0.251 e. The lowest BCUT2D eigenvalue weighted by atomic mass is 10.0. The van der Waals surface area contributed by atoms with Crippen LogP contribution < -0.4 is 5.32 Å². The summed E-state index contributed by atoms with van der Waals surface area (Å²) in [5.41, 5.74) is 1.68. The van der Waals surface area contributed by atoms with Crippen LogP contribution in [0, 0.1) is 5.92 Å². The summed E-state index contributed by atoms with van der Waals surface area (Å²) in [5, 5.41) is 13.8. The maximum Gasteiger partial charge on any atom is 0.251 e. The molecule has 0 aliphatic carbocycles. The van der Waals surface area contributed by atoms with E-state index in [4.69, 9.17) is 23.2 Å². The highest BCUT2D eigenvalue weighted by Gasteiger charge is 2.26. The maximum atomic E-state index is 12.7. The van der Waals surface area contributed by atoms with Crippen molar-refractivity contribution in [3.63, 3.8) is 0 Å². The summed E-state index contributed by atoms with van der Waals surface area (Å²) in [6.07, 6.45) is 0. The lowest BCUT2D eigenvalue weighted by Gasteiger charge is -2.22. The molecular formula is C22H24Cl2N4OS. The minimum Gasteiger partial charge on any atom is -0.342 e. The first kappa shape index (κ1) is 22.7. The van der Waals surface area contributed by atoms with E-state index in [1.54, 1.807) is 30.0 Å². The quantitative estimate of drug-likeness (QED) is 0.415. The zero-order valence-electron chi connectivity index (χ0n) is 17.1. The predicted octanol–water partition coefficient (Wildman–Crippen LogP) is 6.02. The van der Waals surface area contributed by atoms with Gasteiger partial charge >= 0.3 is 0 Å². The van der Waals surface area contributed by atoms with Crippen LogP contribution in [-0.4, -0.2) is 20.7 Å². The molecule has 3 aromatic rings. The van der Waals surface area contributed by atoms with Crippen LogP contribution in [0.15, 0.2) is 53.7 Å². The highest BCUT2D eigenvalue weighted by Crippen LogP contribution is 2.29. The lowest BCUT2D eigenvalue weighted by molar-refractivity contribution is 0.0922. The number of amides is 1. The Morgan fingerprint density at radius 2 is 1.83 bits per heavy atom. The number of aromatic nitrogens is 3. The monoisotopic (exact) mass is 462 g/mol. The molecule has 0 saturated heterocycles. The molecule has 3 rings (SSSR count). The lowest BCUT2D eigenvalue weighted by Crippen LogP contribution is -2.33. The van der Waals surface area contributed by atoms with Gasteiger partial charge in [0.25, 0.3) is 5.91 Å². The highest BCUT2D eigenvalue weighted by atomic mass is 35.5. The fraction of sp³-hybridized carbons (Fsp3) is 0.318. The van der Waals surface area contributed by atoms with E-state index in [1.165, 1.54) is 0 Å². The van der Waals surface area contributed by atoms with Crippen LogP contribution in [0.5, 0.6) is 0 Å². The van der Waals surface area contributed by atoms with Crippen molar-refractivity contribution in [3.05, 3.63) is 75.5 Å². The standard InChI is InChI=1S/C22H24Cl2N4OS/c1-4-28-20(19(14(2)3)25-21(29)16-8-6-5-7-9-16)26-27-22(28)30-13-15-10-11-17(23)18(24)12-15/h5-12,14,19H,4,13H2,1-3H3,(H,25,29). The molecule has 1 aromatic heterocycles. The molecule has 0 aliphatic heterocycles. The molecule has 158 valence electrons. The van der Waals surface area contributed by atoms with Gasteiger partial charge in [-0.05, 0) is 42.7 Å². The van der Waals surface area contributed by atoms with E-state index in [1.807, 2.05) is 37.3 Å². The van der Waals surface area contributed by atoms with E-state index < -0.39 is 0 Å². The molecule has 1 N–H and O–H groups in total. The molecule has 8 heteroatoms. The molecule has 1 heterocycles. The van der Waals surface area contributed by atoms with Gasteiger partial charge in [0.1, 0.15) is 0 Å². The van der Waals surface area contributed by atoms with E-state index in [-0.39, 0.29) is 17.9 Å². The Kier molecular flexibility index (Phi) is 7.81. The Bertz CT molecular complexity index is 1010. The molecule has 0 bridgehead atoms. The number of rotatable bonds is 8. The van der Waals surface area contributed by atoms with Crippen LogP contribution in [0.1, 0.15) is 48.6 Å². The minimum absolute atomic E-state index is 0.120. The maximum absolute atomic E-state index is 12.7. The second-order valence-electron chi connectivity index (χ2n) is 7.18. The topological polar surface area (TPSA) is 59.8 Å². The Labute approximate surface area is 191 Å². The van der Waals surface area contributed by atoms with Crippen molar-refractivity contribution in [2.24, 2.45) is 5.92 Å². The average Bonchev–Trinajstić information content (AvgIpc) is 3.15. The van der Waals surface area contributed by atoms with Crippen molar-refractivity contribution in [2.75, 3.05) is 0 Å². The Morgan fingerprint density at radius 1 is 1.10 bits per heavy atom. The number of nitrogens with one attached hydrogen (secondary N) is 1. The molecule has 1 atom stereocenters. The van der Waals surface area contributed by atoms with Crippen molar-refractivity contribution in [3.8, 4) is 0 Å². The van der Waals surface area contributed by atoms with Gasteiger partial charge in [0.05, 0.1) is 16.1 Å². The first-order chi connectivity index (χ1) is 14.4. The third-order valence-electron chi connectivity index (χ3n) is 4.68. The van der Waals surface area contributed by atoms with Crippen molar-refractivity contribution in [1.82, 2.24) is 20.1 Å². The van der Waals surface area contributed by atoms with Crippen molar-refractivity contribution < 1.29 is 4.79 Å². The number of thioether (sulfide) groups is 1. The molecule has 0 saturated carbocycles. The summed E-state index contributed by atoms with van der Waals surface area (Å²) in [6, 6.07) is 14.6. The van der Waals surface area contributed by atoms with E-state index in [0.29, 0.717) is 27.9 Å². The molecule has 5 nitrogen and oxygen atoms in total. The Hall–Kier alpha value is -2.02. The highest BCUT2D eigenvalue weighted by molar-refractivity contribution is 7.98. The minimum atomic E-state index is -0.246. The van der Waals surface area contributed by atoms with Gasteiger partial charge in [-0.15, -0.1) is 10.2 Å². The van der Waals surface area contributed by atoms with E-state index in [0.717, 1.165) is 16.5 Å². The molecule has 2 aromatic carbocycles. The van der Waals surface area contributed by atoms with E-state index in [2.05, 4.69) is 33.9 Å². The van der Waals surface area contributed by atoms with Crippen LogP contribution in [0.3, 0.4) is 0 Å². The number of hydrogen-bond donors (Lipinski definition) is 1. The summed E-state index contributed by atoms with van der Waals surface area (Å²) in [4.78, 5) is 12.7. The number of carbonyl (C=O) groups is 1. The number of hydrogen-bond acceptors (Lipinski definition) is 4. The van der Waals surface area contributed by atoms with Gasteiger partial charge in [0.2, 0.25) is 0 Å². The number of carbonyl (C=O) groups excluding carboxylic acids is 1. The van der Waals surface area contributed by atoms with Crippen LogP contribution >= 0.6 is 35.0 Å². The first-order valence-electron chi connectivity index (χ1n) is 9.76. The number of nitrogens with zero attached hydrogens (tertiary/aromatic N) is 3. The Balaban J connectivity index is 1.79. The first-order valence-corrected chi connectivity index (χ1v) is 11.5. The SMILES string of the molecule is CCn1c(SCc2ccc(Cl)c(Cl)c2)nnc1C(NC(=O)c1ccccc1)C(C)C. The molecule has 0 fully saturated rings. The van der Waals surface area contributed by atoms with Crippen LogP contribution in [0.4, 0.5) is 0 Å². The van der Waals surface area contributed by atoms with Gasteiger partial charge in [-0.25, -0.2) is 0 Å². The van der Waals surface area contributed by atoms with Crippen LogP contribution in [0.25, 0.3) is 0 Å². The van der Waals surface area contributed by atoms with Gasteiger partial charge in [0.15, 0.2) is 11.0 Å². The third-order valence-corrected chi connectivity index (χ3v) is 6.46. The number of halogens is 2. The van der Waals surface area contributed by atoms with E-state index in [9.17, 15) is 4.79 Å². The van der Waals surface area contributed by atoms with Crippen LogP contribution in [0.2, 0.25) is 10.0 Å². The summed E-state index contributed by atoms with van der Waals surface area (Å²) in [6.45, 7) is 6.88. The molecule has 1 amide bonds. The number of benzene rings is 2. The van der Waals surface area contributed by atoms with Crippen LogP contribution in [-0.2, 0) is 12.3 Å². The fourth-order valence-electron chi connectivity index (χ4n) is 3.05. The Morgan fingerprint density at radius 3 is 2.47 bits per heavy atom. The summed E-state index contributed by atoms with van der Waals surface area (Å²) < 4.78 is 2.05. The molecule has 0 radical (unpaired) electrons. The third kappa shape index (κ3) is 5.36. The van der Waals surface area contributed by atoms with Crippen molar-refractivity contribution in [2.45, 2.75) is 44.3 Å². The molecule has 30 heavy (non-hydrogen) atoms. The molecular weight excluding hydrogens is 439 g/mol. The largest absolute Gasteiger partial charge is 0.342 e.